The van der Waals surface area contributed by atoms with Crippen molar-refractivity contribution in [2.75, 3.05) is 6.61 Å². The van der Waals surface area contributed by atoms with Crippen LogP contribution in [0, 0.1) is 0 Å². The van der Waals surface area contributed by atoms with E-state index in [0.29, 0.717) is 6.61 Å². The molecule has 0 bridgehead atoms. The Bertz CT molecular complexity index is 581. The first-order valence-corrected chi connectivity index (χ1v) is 8.32. The first-order chi connectivity index (χ1) is 11.2. The van der Waals surface area contributed by atoms with Gasteiger partial charge in [-0.1, -0.05) is 43.0 Å². The normalized spacial score (nSPS) is 25.0. The third kappa shape index (κ3) is 6.11. The number of rotatable bonds is 8. The fourth-order valence-electron chi connectivity index (χ4n) is 2.23. The summed E-state index contributed by atoms with van der Waals surface area (Å²) in [6, 6.07) is 0. The largest absolute Gasteiger partial charge is 0.493 e. The lowest BCUT2D eigenvalue weighted by atomic mass is 9.91. The summed E-state index contributed by atoms with van der Waals surface area (Å²) in [6.45, 7) is 6.16. The van der Waals surface area contributed by atoms with Crippen LogP contribution in [0.2, 0.25) is 0 Å². The number of allylic oxidation sites excluding steroid dienone is 8. The van der Waals surface area contributed by atoms with Gasteiger partial charge >= 0.3 is 0 Å². The summed E-state index contributed by atoms with van der Waals surface area (Å²) in [5, 5.41) is -0.149. The van der Waals surface area contributed by atoms with Gasteiger partial charge in [-0.3, -0.25) is 0 Å². The predicted octanol–water partition coefficient (Wildman–Crippen LogP) is 5.01. The van der Waals surface area contributed by atoms with E-state index in [4.69, 9.17) is 21.1 Å². The average Bonchev–Trinajstić information content (AvgIpc) is 2.76. The van der Waals surface area contributed by atoms with Crippen LogP contribution in [-0.2, 0) is 9.47 Å². The van der Waals surface area contributed by atoms with Crippen molar-refractivity contribution in [2.45, 2.75) is 37.4 Å². The van der Waals surface area contributed by atoms with Gasteiger partial charge in [-0.15, -0.1) is 17.3 Å². The van der Waals surface area contributed by atoms with Gasteiger partial charge in [0.15, 0.2) is 0 Å². The first kappa shape index (κ1) is 17.6. The van der Waals surface area contributed by atoms with Crippen LogP contribution in [0.25, 0.3) is 0 Å². The van der Waals surface area contributed by atoms with Crippen LogP contribution in [0.3, 0.4) is 0 Å². The third-order valence-corrected chi connectivity index (χ3v) is 3.84. The molecule has 0 aromatic rings. The van der Waals surface area contributed by atoms with Crippen LogP contribution in [0.1, 0.15) is 19.8 Å². The van der Waals surface area contributed by atoms with Gasteiger partial charge in [-0.2, -0.15) is 0 Å². The fourth-order valence-corrected chi connectivity index (χ4v) is 2.36. The van der Waals surface area contributed by atoms with Crippen molar-refractivity contribution in [3.63, 3.8) is 0 Å². The van der Waals surface area contributed by atoms with E-state index in [1.54, 1.807) is 6.08 Å². The molecule has 2 rings (SSSR count). The van der Waals surface area contributed by atoms with Crippen LogP contribution < -0.4 is 0 Å². The van der Waals surface area contributed by atoms with Crippen molar-refractivity contribution in [2.24, 2.45) is 0 Å². The predicted molar refractivity (Wildman–Crippen MR) is 96.5 cm³/mol. The van der Waals surface area contributed by atoms with Crippen molar-refractivity contribution in [3.8, 4) is 0 Å². The molecule has 2 nitrogen and oxygen atoms in total. The lowest BCUT2D eigenvalue weighted by Crippen LogP contribution is -2.38. The minimum atomic E-state index is -0.149. The summed E-state index contributed by atoms with van der Waals surface area (Å²) in [4.78, 5) is 0. The molecule has 0 N–H and O–H groups in total. The Morgan fingerprint density at radius 3 is 2.96 bits per heavy atom. The van der Waals surface area contributed by atoms with E-state index >= 15 is 0 Å². The van der Waals surface area contributed by atoms with Gasteiger partial charge < -0.3 is 9.47 Å². The zero-order chi connectivity index (χ0) is 16.5. The van der Waals surface area contributed by atoms with Gasteiger partial charge in [0.25, 0.3) is 0 Å². The van der Waals surface area contributed by atoms with Crippen LogP contribution >= 0.6 is 11.6 Å². The standard InChI is InChI=1S/C20H23ClO2/c1-3-4-7-12-20(16(2)21)23-19-13-18(14-19)22-15-17-10-8-5-6-9-11-17/h3-8,10-12,16,18-19H,1,13-15H2,2H3/b7-4-,20-12+. The molecular formula is C20H23ClO2. The fraction of sp³-hybridized carbons (Fsp3) is 0.350. The molecule has 2 aliphatic rings. The second kappa shape index (κ2) is 9.42. The Hall–Kier alpha value is -1.73. The molecule has 3 heteroatoms. The van der Waals surface area contributed by atoms with Crippen molar-refractivity contribution < 1.29 is 9.47 Å². The van der Waals surface area contributed by atoms with E-state index < -0.39 is 0 Å². The highest BCUT2D eigenvalue weighted by atomic mass is 35.5. The summed E-state index contributed by atoms with van der Waals surface area (Å²) >= 11 is 6.15. The Morgan fingerprint density at radius 1 is 1.39 bits per heavy atom. The van der Waals surface area contributed by atoms with E-state index in [9.17, 15) is 0 Å². The third-order valence-electron chi connectivity index (χ3n) is 3.62. The van der Waals surface area contributed by atoms with Gasteiger partial charge in [0, 0.05) is 12.8 Å². The van der Waals surface area contributed by atoms with E-state index in [0.717, 1.165) is 24.2 Å². The number of halogens is 1. The Morgan fingerprint density at radius 2 is 2.22 bits per heavy atom. The molecule has 0 saturated heterocycles. The second-order valence-electron chi connectivity index (χ2n) is 5.55. The van der Waals surface area contributed by atoms with Gasteiger partial charge in [-0.25, -0.2) is 0 Å². The Balaban J connectivity index is 1.73. The lowest BCUT2D eigenvalue weighted by Gasteiger charge is -2.36. The highest BCUT2D eigenvalue weighted by Gasteiger charge is 2.32. The molecule has 1 unspecified atom stereocenters. The molecule has 23 heavy (non-hydrogen) atoms. The summed E-state index contributed by atoms with van der Waals surface area (Å²) in [5.41, 5.74) is 4.21. The zero-order valence-electron chi connectivity index (χ0n) is 13.5. The molecule has 0 heterocycles. The zero-order valence-corrected chi connectivity index (χ0v) is 14.2. The summed E-state index contributed by atoms with van der Waals surface area (Å²) in [5.74, 6) is 0.790. The average molecular weight is 331 g/mol. The Kier molecular flexibility index (Phi) is 7.22. The van der Waals surface area contributed by atoms with Crippen LogP contribution in [0.5, 0.6) is 0 Å². The second-order valence-corrected chi connectivity index (χ2v) is 6.21. The highest BCUT2D eigenvalue weighted by Crippen LogP contribution is 2.30. The first-order valence-electron chi connectivity index (χ1n) is 7.89. The van der Waals surface area contributed by atoms with Gasteiger partial charge in [0.2, 0.25) is 0 Å². The van der Waals surface area contributed by atoms with Gasteiger partial charge in [0.05, 0.1) is 18.1 Å². The number of alkyl halides is 1. The summed E-state index contributed by atoms with van der Waals surface area (Å²) in [7, 11) is 0. The maximum absolute atomic E-state index is 6.15. The molecule has 0 amide bonds. The molecule has 122 valence electrons. The number of ether oxygens (including phenoxy) is 2. The molecule has 1 atom stereocenters. The Labute approximate surface area is 143 Å². The van der Waals surface area contributed by atoms with Crippen LogP contribution in [0.4, 0.5) is 0 Å². The van der Waals surface area contributed by atoms with E-state index in [2.05, 4.69) is 12.3 Å². The molecule has 0 radical (unpaired) electrons. The number of hydrogen-bond acceptors (Lipinski definition) is 2. The minimum Gasteiger partial charge on any atom is -0.493 e. The SMILES string of the molecule is C=C/C=C\C=C(\OC1CC(OCC2=CC=CC=C=C2)C1)C(C)Cl. The van der Waals surface area contributed by atoms with Gasteiger partial charge in [0.1, 0.15) is 11.9 Å². The van der Waals surface area contributed by atoms with Crippen LogP contribution in [-0.4, -0.2) is 24.2 Å². The van der Waals surface area contributed by atoms with Crippen molar-refractivity contribution in [1.82, 2.24) is 0 Å². The molecule has 1 saturated carbocycles. The van der Waals surface area contributed by atoms with E-state index in [1.807, 2.05) is 55.5 Å². The highest BCUT2D eigenvalue weighted by molar-refractivity contribution is 6.21. The van der Waals surface area contributed by atoms with E-state index in [1.165, 1.54) is 0 Å². The lowest BCUT2D eigenvalue weighted by molar-refractivity contribution is -0.0764. The molecule has 1 fully saturated rings. The van der Waals surface area contributed by atoms with E-state index in [-0.39, 0.29) is 17.6 Å². The van der Waals surface area contributed by atoms with Gasteiger partial charge in [-0.05, 0) is 30.7 Å². The smallest absolute Gasteiger partial charge is 0.114 e. The molecular weight excluding hydrogens is 308 g/mol. The monoisotopic (exact) mass is 330 g/mol. The minimum absolute atomic E-state index is 0.149. The topological polar surface area (TPSA) is 18.5 Å². The van der Waals surface area contributed by atoms with Crippen molar-refractivity contribution in [1.29, 1.82) is 0 Å². The molecule has 0 aliphatic heterocycles. The van der Waals surface area contributed by atoms with Crippen LogP contribution in [0.15, 0.2) is 78.3 Å². The maximum Gasteiger partial charge on any atom is 0.114 e. The summed E-state index contributed by atoms with van der Waals surface area (Å²) in [6.07, 6.45) is 19.4. The molecule has 0 aromatic heterocycles. The van der Waals surface area contributed by atoms with Crippen molar-refractivity contribution >= 4 is 11.6 Å². The van der Waals surface area contributed by atoms with Crippen molar-refractivity contribution in [3.05, 3.63) is 78.3 Å². The maximum atomic E-state index is 6.15. The number of hydrogen-bond donors (Lipinski definition) is 0. The summed E-state index contributed by atoms with van der Waals surface area (Å²) < 4.78 is 11.8. The quantitative estimate of drug-likeness (QED) is 0.269. The molecule has 0 spiro atoms. The molecule has 2 aliphatic carbocycles. The molecule has 0 aromatic carbocycles.